The summed E-state index contributed by atoms with van der Waals surface area (Å²) in [5.74, 6) is -1.58. The molecule has 0 unspecified atom stereocenters. The Morgan fingerprint density at radius 1 is 1.50 bits per heavy atom. The van der Waals surface area contributed by atoms with E-state index in [0.29, 0.717) is 5.69 Å². The van der Waals surface area contributed by atoms with Crippen LogP contribution >= 0.6 is 15.9 Å². The van der Waals surface area contributed by atoms with Gasteiger partial charge in [0.2, 0.25) is 5.91 Å². The van der Waals surface area contributed by atoms with Gasteiger partial charge in [-0.2, -0.15) is 5.26 Å². The van der Waals surface area contributed by atoms with E-state index >= 15 is 0 Å². The summed E-state index contributed by atoms with van der Waals surface area (Å²) in [6.07, 6.45) is -0.274. The maximum atomic E-state index is 11.1. The van der Waals surface area contributed by atoms with E-state index in [2.05, 4.69) is 21.2 Å². The lowest BCUT2D eigenvalue weighted by atomic mass is 10.2. The molecule has 2 N–H and O–H groups in total. The van der Waals surface area contributed by atoms with E-state index in [0.717, 1.165) is 0 Å². The predicted octanol–water partition coefficient (Wildman–Crippen LogP) is 2.00. The highest BCUT2D eigenvalue weighted by molar-refractivity contribution is 9.10. The topological polar surface area (TPSA) is 90.2 Å². The van der Waals surface area contributed by atoms with Crippen molar-refractivity contribution in [2.45, 2.75) is 6.42 Å². The summed E-state index contributed by atoms with van der Waals surface area (Å²) in [4.78, 5) is 21.9. The Bertz CT molecular complexity index is 479. The first-order valence-corrected chi connectivity index (χ1v) is 5.04. The Kier molecular flexibility index (Phi) is 4.03. The highest BCUT2D eigenvalue weighted by Crippen LogP contribution is 2.26. The summed E-state index contributed by atoms with van der Waals surface area (Å²) in [5, 5.41) is 19.6. The predicted molar refractivity (Wildman–Crippen MR) is 60.0 cm³/mol. The normalized spacial score (nSPS) is 9.25. The Morgan fingerprint density at radius 3 is 2.75 bits per heavy atom. The molecule has 0 saturated carbocycles. The smallest absolute Gasteiger partial charge is 0.336 e. The quantitative estimate of drug-likeness (QED) is 0.887. The molecule has 0 spiro atoms. The summed E-state index contributed by atoms with van der Waals surface area (Å²) in [6.45, 7) is 0. The highest BCUT2D eigenvalue weighted by atomic mass is 79.9. The molecule has 1 aromatic rings. The van der Waals surface area contributed by atoms with Gasteiger partial charge >= 0.3 is 5.97 Å². The van der Waals surface area contributed by atoms with E-state index in [1.54, 1.807) is 12.1 Å². The molecule has 0 aliphatic heterocycles. The van der Waals surface area contributed by atoms with Crippen LogP contribution in [0, 0.1) is 11.3 Å². The summed E-state index contributed by atoms with van der Waals surface area (Å²) in [5.41, 5.74) is 0.384. The first kappa shape index (κ1) is 12.2. The minimum atomic E-state index is -1.09. The second-order valence-corrected chi connectivity index (χ2v) is 3.65. The van der Waals surface area contributed by atoms with Crippen LogP contribution in [0.4, 0.5) is 5.69 Å². The SMILES string of the molecule is N#CCC(=O)Nc1cccc(C(=O)O)c1Br. The number of hydrogen-bond acceptors (Lipinski definition) is 3. The summed E-state index contributed by atoms with van der Waals surface area (Å²) < 4.78 is 0.286. The number of anilines is 1. The second-order valence-electron chi connectivity index (χ2n) is 2.86. The molecule has 0 atom stereocenters. The van der Waals surface area contributed by atoms with E-state index in [1.807, 2.05) is 0 Å². The number of nitrogens with one attached hydrogen (secondary N) is 1. The number of rotatable bonds is 3. The Morgan fingerprint density at radius 2 is 2.19 bits per heavy atom. The fourth-order valence-corrected chi connectivity index (χ4v) is 1.59. The number of benzene rings is 1. The number of amides is 1. The van der Waals surface area contributed by atoms with Crippen LogP contribution in [0.5, 0.6) is 0 Å². The van der Waals surface area contributed by atoms with Crippen LogP contribution < -0.4 is 5.32 Å². The van der Waals surface area contributed by atoms with Gasteiger partial charge in [0.15, 0.2) is 0 Å². The van der Waals surface area contributed by atoms with E-state index in [9.17, 15) is 9.59 Å². The van der Waals surface area contributed by atoms with Gasteiger partial charge in [-0.05, 0) is 28.1 Å². The fraction of sp³-hybridized carbons (Fsp3) is 0.100. The zero-order valence-electron chi connectivity index (χ0n) is 8.03. The van der Waals surface area contributed by atoms with Gasteiger partial charge in [-0.15, -0.1) is 0 Å². The maximum absolute atomic E-state index is 11.1. The van der Waals surface area contributed by atoms with Crippen molar-refractivity contribution in [1.82, 2.24) is 0 Å². The molecule has 0 aromatic heterocycles. The summed E-state index contributed by atoms with van der Waals surface area (Å²) >= 11 is 3.08. The molecule has 5 nitrogen and oxygen atoms in total. The number of hydrogen-bond donors (Lipinski definition) is 2. The lowest BCUT2D eigenvalue weighted by Crippen LogP contribution is -2.11. The lowest BCUT2D eigenvalue weighted by molar-refractivity contribution is -0.115. The zero-order valence-corrected chi connectivity index (χ0v) is 9.61. The fourth-order valence-electron chi connectivity index (χ4n) is 1.06. The van der Waals surface area contributed by atoms with E-state index in [-0.39, 0.29) is 16.5 Å². The van der Waals surface area contributed by atoms with Gasteiger partial charge in [-0.3, -0.25) is 4.79 Å². The average Bonchev–Trinajstić information content (AvgIpc) is 2.21. The number of halogens is 1. The van der Waals surface area contributed by atoms with Gasteiger partial charge in [0.05, 0.1) is 21.8 Å². The van der Waals surface area contributed by atoms with Gasteiger partial charge in [0, 0.05) is 0 Å². The number of aromatic carboxylic acids is 1. The van der Waals surface area contributed by atoms with Gasteiger partial charge in [-0.1, -0.05) is 6.07 Å². The molecule has 16 heavy (non-hydrogen) atoms. The minimum Gasteiger partial charge on any atom is -0.478 e. The van der Waals surface area contributed by atoms with E-state index in [4.69, 9.17) is 10.4 Å². The van der Waals surface area contributed by atoms with Gasteiger partial charge in [0.25, 0.3) is 0 Å². The molecule has 0 fully saturated rings. The number of carbonyl (C=O) groups is 2. The van der Waals surface area contributed by atoms with Crippen LogP contribution in [0.1, 0.15) is 16.8 Å². The van der Waals surface area contributed by atoms with Crippen LogP contribution in [0.3, 0.4) is 0 Å². The van der Waals surface area contributed by atoms with Crippen molar-refractivity contribution in [2.24, 2.45) is 0 Å². The Balaban J connectivity index is 2.98. The number of nitrogens with zero attached hydrogens (tertiary/aromatic N) is 1. The van der Waals surface area contributed by atoms with Crippen LogP contribution in [0.25, 0.3) is 0 Å². The van der Waals surface area contributed by atoms with Crippen molar-refractivity contribution in [3.05, 3.63) is 28.2 Å². The number of carboxylic acid groups (broad SMARTS) is 1. The standard InChI is InChI=1S/C10H7BrN2O3/c11-9-6(10(15)16)2-1-3-7(9)13-8(14)4-5-12/h1-3H,4H2,(H,13,14)(H,15,16). The van der Waals surface area contributed by atoms with E-state index < -0.39 is 11.9 Å². The molecule has 0 radical (unpaired) electrons. The molecule has 1 rings (SSSR count). The Labute approximate surface area is 99.8 Å². The molecule has 1 aromatic carbocycles. The highest BCUT2D eigenvalue weighted by Gasteiger charge is 2.12. The molecule has 0 saturated heterocycles. The minimum absolute atomic E-state index is 0.0507. The molecule has 1 amide bonds. The molecule has 0 aliphatic rings. The van der Waals surface area contributed by atoms with Crippen molar-refractivity contribution in [2.75, 3.05) is 5.32 Å². The van der Waals surface area contributed by atoms with Crippen molar-refractivity contribution in [3.63, 3.8) is 0 Å². The second kappa shape index (κ2) is 5.28. The van der Waals surface area contributed by atoms with Crippen LogP contribution in [-0.2, 0) is 4.79 Å². The largest absolute Gasteiger partial charge is 0.478 e. The molecule has 6 heteroatoms. The number of nitriles is 1. The molecular weight excluding hydrogens is 276 g/mol. The molecular formula is C10H7BrN2O3. The van der Waals surface area contributed by atoms with E-state index in [1.165, 1.54) is 12.1 Å². The molecule has 0 bridgehead atoms. The van der Waals surface area contributed by atoms with Crippen LogP contribution in [0.2, 0.25) is 0 Å². The number of carboxylic acids is 1. The third kappa shape index (κ3) is 2.81. The first-order valence-electron chi connectivity index (χ1n) is 4.25. The molecule has 0 heterocycles. The third-order valence-corrected chi connectivity index (χ3v) is 2.60. The zero-order chi connectivity index (χ0) is 12.1. The van der Waals surface area contributed by atoms with Crippen LogP contribution in [0.15, 0.2) is 22.7 Å². The monoisotopic (exact) mass is 282 g/mol. The average molecular weight is 283 g/mol. The van der Waals surface area contributed by atoms with Crippen molar-refractivity contribution in [1.29, 1.82) is 5.26 Å². The lowest BCUT2D eigenvalue weighted by Gasteiger charge is -2.07. The third-order valence-electron chi connectivity index (χ3n) is 1.74. The van der Waals surface area contributed by atoms with Crippen molar-refractivity contribution in [3.8, 4) is 6.07 Å². The van der Waals surface area contributed by atoms with Crippen molar-refractivity contribution >= 4 is 33.5 Å². The van der Waals surface area contributed by atoms with Gasteiger partial charge in [0.1, 0.15) is 6.42 Å². The summed E-state index contributed by atoms with van der Waals surface area (Å²) in [6, 6.07) is 6.17. The first-order chi connectivity index (χ1) is 7.56. The summed E-state index contributed by atoms with van der Waals surface area (Å²) in [7, 11) is 0. The Hall–Kier alpha value is -1.87. The number of carbonyl (C=O) groups excluding carboxylic acids is 1. The van der Waals surface area contributed by atoms with Crippen molar-refractivity contribution < 1.29 is 14.7 Å². The van der Waals surface area contributed by atoms with Crippen LogP contribution in [-0.4, -0.2) is 17.0 Å². The maximum Gasteiger partial charge on any atom is 0.336 e. The van der Waals surface area contributed by atoms with Gasteiger partial charge in [-0.25, -0.2) is 4.79 Å². The molecule has 82 valence electrons. The molecule has 0 aliphatic carbocycles. The van der Waals surface area contributed by atoms with Gasteiger partial charge < -0.3 is 10.4 Å².